The minimum Gasteiger partial charge on any atom is -0.374 e. The van der Waals surface area contributed by atoms with E-state index in [-0.39, 0.29) is 23.8 Å². The highest BCUT2D eigenvalue weighted by Gasteiger charge is 2.23. The molecule has 1 atom stereocenters. The fourth-order valence-corrected chi connectivity index (χ4v) is 4.31. The summed E-state index contributed by atoms with van der Waals surface area (Å²) in [5.74, 6) is -0.377. The van der Waals surface area contributed by atoms with Crippen LogP contribution in [0.1, 0.15) is 34.2 Å². The summed E-state index contributed by atoms with van der Waals surface area (Å²) in [7, 11) is 0. The van der Waals surface area contributed by atoms with E-state index >= 15 is 0 Å². The number of morpholine rings is 1. The summed E-state index contributed by atoms with van der Waals surface area (Å²) in [5, 5.41) is 5.75. The maximum atomic E-state index is 12.5. The van der Waals surface area contributed by atoms with Crippen LogP contribution in [0.3, 0.4) is 0 Å². The molecule has 1 unspecified atom stereocenters. The van der Waals surface area contributed by atoms with Gasteiger partial charge in [-0.15, -0.1) is 0 Å². The minimum absolute atomic E-state index is 0.0407. The van der Waals surface area contributed by atoms with Gasteiger partial charge in [-0.3, -0.25) is 18.4 Å². The fourth-order valence-electron chi connectivity index (χ4n) is 3.39. The Morgan fingerprint density at radius 1 is 1.34 bits per heavy atom. The van der Waals surface area contributed by atoms with Crippen LogP contribution < -0.4 is 10.6 Å². The summed E-state index contributed by atoms with van der Waals surface area (Å²) < 4.78 is 7.47. The Bertz CT molecular complexity index is 958. The Balaban J connectivity index is 1.36. The molecule has 1 aromatic carbocycles. The number of benzene rings is 1. The molecule has 1 aromatic heterocycles. The molecule has 0 aliphatic carbocycles. The van der Waals surface area contributed by atoms with E-state index < -0.39 is 0 Å². The number of ether oxygens (including phenoxy) is 1. The topological polar surface area (TPSA) is 92.7 Å². The Kier molecular flexibility index (Phi) is 5.59. The first-order valence-electron chi connectivity index (χ1n) is 9.47. The smallest absolute Gasteiger partial charge is 0.273 e. The monoisotopic (exact) mass is 414 g/mol. The van der Waals surface area contributed by atoms with Crippen molar-refractivity contribution < 1.29 is 19.1 Å². The van der Waals surface area contributed by atoms with Crippen LogP contribution in [0.2, 0.25) is 0 Å². The number of amides is 3. The average Bonchev–Trinajstić information content (AvgIpc) is 3.13. The molecule has 0 bridgehead atoms. The van der Waals surface area contributed by atoms with Gasteiger partial charge in [-0.05, 0) is 48.7 Å². The van der Waals surface area contributed by atoms with E-state index in [1.807, 2.05) is 18.3 Å². The van der Waals surface area contributed by atoms with Gasteiger partial charge in [0.25, 0.3) is 11.8 Å². The van der Waals surface area contributed by atoms with E-state index in [0.717, 1.165) is 4.90 Å². The van der Waals surface area contributed by atoms with Crippen LogP contribution in [0.4, 0.5) is 5.69 Å². The summed E-state index contributed by atoms with van der Waals surface area (Å²) in [6.07, 6.45) is 2.38. The first kappa shape index (κ1) is 19.5. The van der Waals surface area contributed by atoms with Gasteiger partial charge in [0.15, 0.2) is 0 Å². The first-order chi connectivity index (χ1) is 14.0. The molecule has 0 radical (unpaired) electrons. The Hall–Kier alpha value is -2.78. The number of carbonyl (C=O) groups excluding carboxylic acids is 3. The highest BCUT2D eigenvalue weighted by atomic mass is 32.2. The second-order valence-electron chi connectivity index (χ2n) is 6.98. The van der Waals surface area contributed by atoms with Gasteiger partial charge in [0.05, 0.1) is 23.3 Å². The quantitative estimate of drug-likeness (QED) is 0.798. The van der Waals surface area contributed by atoms with Gasteiger partial charge >= 0.3 is 0 Å². The SMILES string of the molecule is CC(=O)N1CCOC(CCNC(=O)c2ccc3c(c2)NC(=O)c2cccn2S3)C1. The van der Waals surface area contributed by atoms with Crippen molar-refractivity contribution in [3.63, 3.8) is 0 Å². The zero-order chi connectivity index (χ0) is 20.4. The third kappa shape index (κ3) is 4.30. The van der Waals surface area contributed by atoms with Gasteiger partial charge < -0.3 is 20.3 Å². The molecule has 4 rings (SSSR count). The van der Waals surface area contributed by atoms with Crippen molar-refractivity contribution in [2.75, 3.05) is 31.6 Å². The molecule has 2 aliphatic rings. The number of carbonyl (C=O) groups is 3. The molecule has 3 heterocycles. The number of nitrogens with zero attached hydrogens (tertiary/aromatic N) is 2. The van der Waals surface area contributed by atoms with Crippen molar-refractivity contribution in [2.24, 2.45) is 0 Å². The Morgan fingerprint density at radius 2 is 2.21 bits per heavy atom. The highest BCUT2D eigenvalue weighted by molar-refractivity contribution is 7.98. The molecule has 152 valence electrons. The van der Waals surface area contributed by atoms with Crippen molar-refractivity contribution in [1.82, 2.24) is 14.2 Å². The van der Waals surface area contributed by atoms with Crippen LogP contribution >= 0.6 is 11.9 Å². The molecular weight excluding hydrogens is 392 g/mol. The summed E-state index contributed by atoms with van der Waals surface area (Å²) in [6.45, 7) is 3.67. The lowest BCUT2D eigenvalue weighted by Crippen LogP contribution is -2.45. The van der Waals surface area contributed by atoms with Crippen molar-refractivity contribution in [3.05, 3.63) is 47.8 Å². The molecule has 1 saturated heterocycles. The Morgan fingerprint density at radius 3 is 3.03 bits per heavy atom. The predicted octanol–water partition coefficient (Wildman–Crippen LogP) is 1.98. The molecule has 3 amide bonds. The first-order valence-corrected chi connectivity index (χ1v) is 10.2. The van der Waals surface area contributed by atoms with Crippen LogP contribution in [0, 0.1) is 0 Å². The van der Waals surface area contributed by atoms with Crippen LogP contribution in [0.15, 0.2) is 41.4 Å². The largest absolute Gasteiger partial charge is 0.374 e. The number of hydrogen-bond acceptors (Lipinski definition) is 5. The number of fused-ring (bicyclic) bond motifs is 2. The van der Waals surface area contributed by atoms with Gasteiger partial charge in [-0.25, -0.2) is 0 Å². The molecule has 0 saturated carbocycles. The lowest BCUT2D eigenvalue weighted by atomic mass is 10.1. The van der Waals surface area contributed by atoms with Crippen LogP contribution in [0.5, 0.6) is 0 Å². The van der Waals surface area contributed by atoms with Crippen molar-refractivity contribution in [3.8, 4) is 0 Å². The molecule has 2 aromatic rings. The molecule has 29 heavy (non-hydrogen) atoms. The van der Waals surface area contributed by atoms with Crippen LogP contribution in [-0.2, 0) is 9.53 Å². The zero-order valence-corrected chi connectivity index (χ0v) is 16.8. The van der Waals surface area contributed by atoms with E-state index in [0.29, 0.717) is 49.6 Å². The lowest BCUT2D eigenvalue weighted by molar-refractivity contribution is -0.136. The van der Waals surface area contributed by atoms with Crippen molar-refractivity contribution in [2.45, 2.75) is 24.3 Å². The van der Waals surface area contributed by atoms with Crippen molar-refractivity contribution in [1.29, 1.82) is 0 Å². The third-order valence-corrected chi connectivity index (χ3v) is 6.04. The summed E-state index contributed by atoms with van der Waals surface area (Å²) in [5.41, 5.74) is 1.65. The normalized spacial score (nSPS) is 18.3. The summed E-state index contributed by atoms with van der Waals surface area (Å²) in [6, 6.07) is 8.84. The average molecular weight is 414 g/mol. The second kappa shape index (κ2) is 8.30. The van der Waals surface area contributed by atoms with Crippen LogP contribution in [-0.4, -0.2) is 58.9 Å². The van der Waals surface area contributed by atoms with Gasteiger partial charge in [0.1, 0.15) is 5.69 Å². The number of aromatic nitrogens is 1. The molecule has 0 spiro atoms. The molecule has 2 N–H and O–H groups in total. The minimum atomic E-state index is -0.213. The molecule has 1 fully saturated rings. The predicted molar refractivity (Wildman–Crippen MR) is 109 cm³/mol. The molecule has 2 aliphatic heterocycles. The third-order valence-electron chi connectivity index (χ3n) is 4.97. The number of hydrogen-bond donors (Lipinski definition) is 2. The number of rotatable bonds is 4. The summed E-state index contributed by atoms with van der Waals surface area (Å²) in [4.78, 5) is 39.0. The zero-order valence-electron chi connectivity index (χ0n) is 16.0. The molecule has 9 heteroatoms. The standard InChI is InChI=1S/C20H22N4O4S/c1-13(25)23-9-10-28-15(12-23)6-7-21-19(26)14-4-5-18-16(11-14)22-20(27)17-3-2-8-24(17)29-18/h2-5,8,11,15H,6-7,9-10,12H2,1H3,(H,21,26)(H,22,27). The van der Waals surface area contributed by atoms with E-state index in [1.54, 1.807) is 34.0 Å². The van der Waals surface area contributed by atoms with E-state index in [4.69, 9.17) is 4.74 Å². The Labute approximate surface area is 172 Å². The van der Waals surface area contributed by atoms with Gasteiger partial charge in [-0.2, -0.15) is 0 Å². The van der Waals surface area contributed by atoms with E-state index in [1.165, 1.54) is 11.9 Å². The van der Waals surface area contributed by atoms with E-state index in [9.17, 15) is 14.4 Å². The maximum Gasteiger partial charge on any atom is 0.273 e. The highest BCUT2D eigenvalue weighted by Crippen LogP contribution is 2.33. The maximum absolute atomic E-state index is 12.5. The van der Waals surface area contributed by atoms with E-state index in [2.05, 4.69) is 10.6 Å². The summed E-state index contributed by atoms with van der Waals surface area (Å²) >= 11 is 1.43. The van der Waals surface area contributed by atoms with Gasteiger partial charge in [-0.1, -0.05) is 0 Å². The molecular formula is C20H22N4O4S. The lowest BCUT2D eigenvalue weighted by Gasteiger charge is -2.32. The van der Waals surface area contributed by atoms with Gasteiger partial charge in [0, 0.05) is 38.3 Å². The van der Waals surface area contributed by atoms with Crippen LogP contribution in [0.25, 0.3) is 0 Å². The second-order valence-corrected chi connectivity index (χ2v) is 7.99. The van der Waals surface area contributed by atoms with Crippen molar-refractivity contribution >= 4 is 35.4 Å². The number of anilines is 1. The fraction of sp³-hybridized carbons (Fsp3) is 0.350. The van der Waals surface area contributed by atoms with Gasteiger partial charge in [0.2, 0.25) is 5.91 Å². The number of nitrogens with one attached hydrogen (secondary N) is 2. The molecule has 8 nitrogen and oxygen atoms in total.